The molecule has 25 heavy (non-hydrogen) atoms. The zero-order chi connectivity index (χ0) is 17.1. The van der Waals surface area contributed by atoms with Gasteiger partial charge in [-0.05, 0) is 25.7 Å². The number of aromatic nitrogens is 4. The molecule has 132 valence electrons. The number of aryl methyl sites for hydroxylation is 1. The van der Waals surface area contributed by atoms with E-state index in [4.69, 9.17) is 0 Å². The molecule has 0 unspecified atom stereocenters. The number of hydrogen-bond donors (Lipinski definition) is 1. The summed E-state index contributed by atoms with van der Waals surface area (Å²) in [5.74, 6) is 1.17. The van der Waals surface area contributed by atoms with Crippen molar-refractivity contribution in [2.75, 3.05) is 18.4 Å². The molecule has 3 heterocycles. The van der Waals surface area contributed by atoms with Gasteiger partial charge in [-0.3, -0.25) is 4.79 Å². The minimum Gasteiger partial charge on any atom is -0.367 e. The average Bonchev–Trinajstić information content (AvgIpc) is 3.01. The molecular formula is C18H24N6O. The van der Waals surface area contributed by atoms with E-state index in [1.165, 1.54) is 24.8 Å². The molecular weight excluding hydrogens is 316 g/mol. The number of fused-ring (bicyclic) bond motifs is 1. The number of carbonyl (C=O) groups excluding carboxylic acids is 1. The minimum absolute atomic E-state index is 0.197. The molecule has 1 N–H and O–H groups in total. The molecule has 1 saturated carbocycles. The van der Waals surface area contributed by atoms with Crippen LogP contribution in [0.3, 0.4) is 0 Å². The zero-order valence-electron chi connectivity index (χ0n) is 14.4. The predicted molar refractivity (Wildman–Crippen MR) is 94.1 cm³/mol. The van der Waals surface area contributed by atoms with Crippen molar-refractivity contribution in [2.24, 2.45) is 0 Å². The molecule has 0 aromatic carbocycles. The van der Waals surface area contributed by atoms with Gasteiger partial charge in [0.25, 0.3) is 0 Å². The minimum atomic E-state index is 0.197. The van der Waals surface area contributed by atoms with Crippen LogP contribution in [-0.4, -0.2) is 49.5 Å². The first kappa shape index (κ1) is 16.1. The van der Waals surface area contributed by atoms with E-state index >= 15 is 0 Å². The van der Waals surface area contributed by atoms with Gasteiger partial charge in [-0.1, -0.05) is 0 Å². The number of anilines is 1. The number of imidazole rings is 1. The lowest BCUT2D eigenvalue weighted by Gasteiger charge is -2.28. The van der Waals surface area contributed by atoms with Crippen LogP contribution >= 0.6 is 0 Å². The van der Waals surface area contributed by atoms with Crippen molar-refractivity contribution in [1.82, 2.24) is 24.4 Å². The van der Waals surface area contributed by atoms with Gasteiger partial charge in [0, 0.05) is 56.5 Å². The first-order valence-corrected chi connectivity index (χ1v) is 9.12. The first-order chi connectivity index (χ1) is 12.3. The summed E-state index contributed by atoms with van der Waals surface area (Å²) in [6.07, 6.45) is 12.9. The molecule has 1 amide bonds. The standard InChI is InChI=1S/C18H24N6O/c25-17(6-8-23-11-7-19-13-23)24-9-4-15-16(5-10-24)20-12-21-18(15)22-14-2-1-3-14/h7,11-14H,1-6,8-10H2,(H,20,21,22). The van der Waals surface area contributed by atoms with Crippen LogP contribution in [-0.2, 0) is 24.2 Å². The van der Waals surface area contributed by atoms with Crippen LogP contribution in [0.4, 0.5) is 5.82 Å². The van der Waals surface area contributed by atoms with Crippen molar-refractivity contribution in [3.8, 4) is 0 Å². The second-order valence-electron chi connectivity index (χ2n) is 6.85. The molecule has 0 bridgehead atoms. The zero-order valence-corrected chi connectivity index (χ0v) is 14.4. The van der Waals surface area contributed by atoms with Gasteiger partial charge in [0.2, 0.25) is 5.91 Å². The van der Waals surface area contributed by atoms with Crippen molar-refractivity contribution in [3.63, 3.8) is 0 Å². The highest BCUT2D eigenvalue weighted by Gasteiger charge is 2.24. The van der Waals surface area contributed by atoms with Crippen molar-refractivity contribution < 1.29 is 4.79 Å². The molecule has 1 fully saturated rings. The Labute approximate surface area is 147 Å². The highest BCUT2D eigenvalue weighted by molar-refractivity contribution is 5.76. The van der Waals surface area contributed by atoms with Gasteiger partial charge in [0.1, 0.15) is 12.1 Å². The summed E-state index contributed by atoms with van der Waals surface area (Å²) in [6, 6.07) is 0.551. The van der Waals surface area contributed by atoms with Crippen LogP contribution in [0.5, 0.6) is 0 Å². The third-order valence-electron chi connectivity index (χ3n) is 5.23. The van der Waals surface area contributed by atoms with Gasteiger partial charge in [0.05, 0.1) is 12.0 Å². The van der Waals surface area contributed by atoms with E-state index in [9.17, 15) is 4.79 Å². The maximum atomic E-state index is 12.6. The summed E-state index contributed by atoms with van der Waals surface area (Å²) < 4.78 is 1.94. The summed E-state index contributed by atoms with van der Waals surface area (Å²) in [6.45, 7) is 2.15. The summed E-state index contributed by atoms with van der Waals surface area (Å²) in [7, 11) is 0. The molecule has 0 saturated heterocycles. The van der Waals surface area contributed by atoms with Crippen molar-refractivity contribution in [2.45, 2.75) is 51.1 Å². The van der Waals surface area contributed by atoms with E-state index < -0.39 is 0 Å². The Bertz CT molecular complexity index is 725. The topological polar surface area (TPSA) is 75.9 Å². The average molecular weight is 340 g/mol. The Kier molecular flexibility index (Phi) is 4.63. The Morgan fingerprint density at radius 2 is 2.12 bits per heavy atom. The van der Waals surface area contributed by atoms with Gasteiger partial charge < -0.3 is 14.8 Å². The van der Waals surface area contributed by atoms with Gasteiger partial charge >= 0.3 is 0 Å². The largest absolute Gasteiger partial charge is 0.367 e. The maximum absolute atomic E-state index is 12.6. The highest BCUT2D eigenvalue weighted by Crippen LogP contribution is 2.26. The Balaban J connectivity index is 1.39. The predicted octanol–water partition coefficient (Wildman–Crippen LogP) is 1.65. The summed E-state index contributed by atoms with van der Waals surface area (Å²) in [4.78, 5) is 27.5. The summed E-state index contributed by atoms with van der Waals surface area (Å²) >= 11 is 0. The van der Waals surface area contributed by atoms with E-state index in [1.54, 1.807) is 18.9 Å². The van der Waals surface area contributed by atoms with Crippen LogP contribution in [0.2, 0.25) is 0 Å². The van der Waals surface area contributed by atoms with Crippen LogP contribution in [0.1, 0.15) is 36.9 Å². The van der Waals surface area contributed by atoms with E-state index in [2.05, 4.69) is 20.3 Å². The number of amides is 1. The number of hydrogen-bond acceptors (Lipinski definition) is 5. The molecule has 4 rings (SSSR count). The van der Waals surface area contributed by atoms with Crippen LogP contribution in [0.25, 0.3) is 0 Å². The fraction of sp³-hybridized carbons (Fsp3) is 0.556. The van der Waals surface area contributed by atoms with Crippen molar-refractivity contribution in [3.05, 3.63) is 36.3 Å². The lowest BCUT2D eigenvalue weighted by molar-refractivity contribution is -0.131. The number of carbonyl (C=O) groups is 1. The molecule has 7 heteroatoms. The monoisotopic (exact) mass is 340 g/mol. The lowest BCUT2D eigenvalue weighted by atomic mass is 9.93. The van der Waals surface area contributed by atoms with Gasteiger partial charge in [0.15, 0.2) is 0 Å². The van der Waals surface area contributed by atoms with Gasteiger partial charge in [-0.25, -0.2) is 15.0 Å². The Morgan fingerprint density at radius 3 is 2.88 bits per heavy atom. The van der Waals surface area contributed by atoms with Crippen LogP contribution in [0.15, 0.2) is 25.0 Å². The fourth-order valence-corrected chi connectivity index (χ4v) is 3.45. The van der Waals surface area contributed by atoms with Crippen molar-refractivity contribution in [1.29, 1.82) is 0 Å². The second-order valence-corrected chi connectivity index (χ2v) is 6.85. The molecule has 2 aromatic heterocycles. The lowest BCUT2D eigenvalue weighted by Crippen LogP contribution is -2.33. The van der Waals surface area contributed by atoms with E-state index in [0.717, 1.165) is 37.4 Å². The van der Waals surface area contributed by atoms with Crippen LogP contribution in [0, 0.1) is 0 Å². The van der Waals surface area contributed by atoms with Crippen LogP contribution < -0.4 is 5.32 Å². The third-order valence-corrected chi connectivity index (χ3v) is 5.23. The quantitative estimate of drug-likeness (QED) is 0.896. The van der Waals surface area contributed by atoms with E-state index in [0.29, 0.717) is 19.0 Å². The smallest absolute Gasteiger partial charge is 0.224 e. The molecule has 0 spiro atoms. The van der Waals surface area contributed by atoms with Crippen molar-refractivity contribution >= 4 is 11.7 Å². The summed E-state index contributed by atoms with van der Waals surface area (Å²) in [5, 5.41) is 3.56. The highest BCUT2D eigenvalue weighted by atomic mass is 16.2. The Morgan fingerprint density at radius 1 is 1.24 bits per heavy atom. The number of rotatable bonds is 5. The molecule has 7 nitrogen and oxygen atoms in total. The number of nitrogens with one attached hydrogen (secondary N) is 1. The van der Waals surface area contributed by atoms with Gasteiger partial charge in [-0.15, -0.1) is 0 Å². The SMILES string of the molecule is O=C(CCn1ccnc1)N1CCc2ncnc(NC3CCC3)c2CC1. The molecule has 2 aliphatic rings. The molecule has 0 radical (unpaired) electrons. The molecule has 1 aliphatic heterocycles. The molecule has 2 aromatic rings. The maximum Gasteiger partial charge on any atom is 0.224 e. The second kappa shape index (κ2) is 7.21. The fourth-order valence-electron chi connectivity index (χ4n) is 3.45. The number of nitrogens with zero attached hydrogens (tertiary/aromatic N) is 5. The summed E-state index contributed by atoms with van der Waals surface area (Å²) in [5.41, 5.74) is 2.28. The first-order valence-electron chi connectivity index (χ1n) is 9.12. The third kappa shape index (κ3) is 3.65. The molecule has 0 atom stereocenters. The van der Waals surface area contributed by atoms with E-state index in [1.807, 2.05) is 15.7 Å². The normalized spacial score (nSPS) is 17.5. The van der Waals surface area contributed by atoms with E-state index in [-0.39, 0.29) is 5.91 Å². The Hall–Kier alpha value is -2.44. The molecule has 1 aliphatic carbocycles. The van der Waals surface area contributed by atoms with Gasteiger partial charge in [-0.2, -0.15) is 0 Å².